The van der Waals surface area contributed by atoms with E-state index in [4.69, 9.17) is 4.74 Å². The number of amides is 1. The lowest BCUT2D eigenvalue weighted by Gasteiger charge is -2.34. The third-order valence-corrected chi connectivity index (χ3v) is 7.37. The van der Waals surface area contributed by atoms with E-state index in [0.717, 1.165) is 29.8 Å². The standard InChI is InChI=1S/C24H27FN2O4S/c1-24(2,3)31-23(28)26-12-10-19(11-13-26)27-14-9-17-15-21(7-8-22(17)27)32(29,30)20-6-4-5-18(25)16-20/h4-9,14-16,19H,10-13H2,1-3H3. The molecule has 0 atom stereocenters. The van der Waals surface area contributed by atoms with E-state index in [9.17, 15) is 17.6 Å². The van der Waals surface area contributed by atoms with Crippen molar-refractivity contribution >= 4 is 26.8 Å². The van der Waals surface area contributed by atoms with Crippen molar-refractivity contribution in [1.29, 1.82) is 0 Å². The van der Waals surface area contributed by atoms with E-state index in [2.05, 4.69) is 4.57 Å². The Hall–Kier alpha value is -2.87. The van der Waals surface area contributed by atoms with E-state index in [1.165, 1.54) is 18.2 Å². The number of carbonyl (C=O) groups is 1. The van der Waals surface area contributed by atoms with E-state index < -0.39 is 21.3 Å². The van der Waals surface area contributed by atoms with Gasteiger partial charge in [0.2, 0.25) is 9.84 Å². The Morgan fingerprint density at radius 2 is 1.72 bits per heavy atom. The molecule has 170 valence electrons. The molecule has 1 saturated heterocycles. The van der Waals surface area contributed by atoms with E-state index in [-0.39, 0.29) is 21.9 Å². The highest BCUT2D eigenvalue weighted by Crippen LogP contribution is 2.31. The predicted molar refractivity (Wildman–Crippen MR) is 120 cm³/mol. The summed E-state index contributed by atoms with van der Waals surface area (Å²) in [5.74, 6) is -0.587. The minimum Gasteiger partial charge on any atom is -0.444 e. The van der Waals surface area contributed by atoms with Crippen LogP contribution in [0.3, 0.4) is 0 Å². The fraction of sp³-hybridized carbons (Fsp3) is 0.375. The van der Waals surface area contributed by atoms with Crippen LogP contribution in [-0.4, -0.2) is 42.7 Å². The van der Waals surface area contributed by atoms with Crippen LogP contribution in [0.5, 0.6) is 0 Å². The summed E-state index contributed by atoms with van der Waals surface area (Å²) in [5, 5.41) is 0.803. The second kappa shape index (κ2) is 8.24. The van der Waals surface area contributed by atoms with Crippen LogP contribution in [-0.2, 0) is 14.6 Å². The van der Waals surface area contributed by atoms with Gasteiger partial charge in [0.05, 0.1) is 9.79 Å². The molecule has 0 radical (unpaired) electrons. The lowest BCUT2D eigenvalue weighted by atomic mass is 10.0. The molecular weight excluding hydrogens is 431 g/mol. The first-order chi connectivity index (χ1) is 15.0. The number of hydrogen-bond acceptors (Lipinski definition) is 4. The van der Waals surface area contributed by atoms with Crippen molar-refractivity contribution in [2.75, 3.05) is 13.1 Å². The molecule has 4 rings (SSSR count). The SMILES string of the molecule is CC(C)(C)OC(=O)N1CCC(n2ccc3cc(S(=O)(=O)c4cccc(F)c4)ccc32)CC1. The quantitative estimate of drug-likeness (QED) is 0.542. The molecule has 3 aromatic rings. The number of rotatable bonds is 3. The molecule has 1 fully saturated rings. The van der Waals surface area contributed by atoms with Crippen molar-refractivity contribution in [2.24, 2.45) is 0 Å². The van der Waals surface area contributed by atoms with Crippen molar-refractivity contribution < 1.29 is 22.3 Å². The van der Waals surface area contributed by atoms with Crippen molar-refractivity contribution in [3.63, 3.8) is 0 Å². The summed E-state index contributed by atoms with van der Waals surface area (Å²) in [6.07, 6.45) is 3.23. The Labute approximate surface area is 187 Å². The van der Waals surface area contributed by atoms with Gasteiger partial charge >= 0.3 is 6.09 Å². The highest BCUT2D eigenvalue weighted by Gasteiger charge is 2.28. The van der Waals surface area contributed by atoms with Gasteiger partial charge in [-0.3, -0.25) is 0 Å². The van der Waals surface area contributed by atoms with E-state index >= 15 is 0 Å². The molecule has 0 spiro atoms. The summed E-state index contributed by atoms with van der Waals surface area (Å²) in [5.41, 5.74) is 0.410. The van der Waals surface area contributed by atoms with Crippen LogP contribution < -0.4 is 0 Å². The van der Waals surface area contributed by atoms with Crippen LogP contribution in [0.25, 0.3) is 10.9 Å². The Kier molecular flexibility index (Phi) is 5.75. The van der Waals surface area contributed by atoms with E-state index in [0.29, 0.717) is 13.1 Å². The van der Waals surface area contributed by atoms with E-state index in [1.54, 1.807) is 23.1 Å². The predicted octanol–water partition coefficient (Wildman–Crippen LogP) is 5.19. The van der Waals surface area contributed by atoms with Gasteiger partial charge in [-0.05, 0) is 76.1 Å². The summed E-state index contributed by atoms with van der Waals surface area (Å²) in [6.45, 7) is 6.77. The summed E-state index contributed by atoms with van der Waals surface area (Å²) < 4.78 is 47.0. The number of nitrogens with zero attached hydrogens (tertiary/aromatic N) is 2. The lowest BCUT2D eigenvalue weighted by molar-refractivity contribution is 0.0189. The zero-order valence-electron chi connectivity index (χ0n) is 18.4. The number of fused-ring (bicyclic) bond motifs is 1. The number of ether oxygens (including phenoxy) is 1. The van der Waals surface area contributed by atoms with Crippen LogP contribution in [0.2, 0.25) is 0 Å². The van der Waals surface area contributed by atoms with Crippen molar-refractivity contribution in [1.82, 2.24) is 9.47 Å². The smallest absolute Gasteiger partial charge is 0.410 e. The van der Waals surface area contributed by atoms with Crippen LogP contribution in [0.4, 0.5) is 9.18 Å². The largest absolute Gasteiger partial charge is 0.444 e. The number of likely N-dealkylation sites (tertiary alicyclic amines) is 1. The maximum absolute atomic E-state index is 13.5. The van der Waals surface area contributed by atoms with Gasteiger partial charge in [0.1, 0.15) is 11.4 Å². The molecule has 0 N–H and O–H groups in total. The van der Waals surface area contributed by atoms with Gasteiger partial charge in [-0.15, -0.1) is 0 Å². The molecule has 8 heteroatoms. The number of aromatic nitrogens is 1. The molecule has 6 nitrogen and oxygen atoms in total. The van der Waals surface area contributed by atoms with Gasteiger partial charge in [-0.2, -0.15) is 0 Å². The molecule has 2 heterocycles. The van der Waals surface area contributed by atoms with Crippen LogP contribution in [0.1, 0.15) is 39.7 Å². The Morgan fingerprint density at radius 3 is 2.38 bits per heavy atom. The van der Waals surface area contributed by atoms with Gasteiger partial charge < -0.3 is 14.2 Å². The molecule has 0 unspecified atom stereocenters. The third kappa shape index (κ3) is 4.50. The van der Waals surface area contributed by atoms with Crippen LogP contribution >= 0.6 is 0 Å². The average Bonchev–Trinajstić information content (AvgIpc) is 3.16. The van der Waals surface area contributed by atoms with Gasteiger partial charge in [-0.25, -0.2) is 17.6 Å². The first kappa shape index (κ1) is 22.3. The summed E-state index contributed by atoms with van der Waals surface area (Å²) >= 11 is 0. The zero-order valence-corrected chi connectivity index (χ0v) is 19.2. The van der Waals surface area contributed by atoms with Crippen molar-refractivity contribution in [3.05, 3.63) is 60.5 Å². The number of benzene rings is 2. The highest BCUT2D eigenvalue weighted by molar-refractivity contribution is 7.91. The molecule has 2 aromatic carbocycles. The first-order valence-corrected chi connectivity index (χ1v) is 12.1. The van der Waals surface area contributed by atoms with Gasteiger partial charge in [0.25, 0.3) is 0 Å². The number of sulfone groups is 1. The minimum absolute atomic E-state index is 0.0641. The second-order valence-electron chi connectivity index (χ2n) is 9.10. The van der Waals surface area contributed by atoms with Crippen molar-refractivity contribution in [2.45, 2.75) is 55.0 Å². The average molecular weight is 459 g/mol. The molecule has 0 bridgehead atoms. The lowest BCUT2D eigenvalue weighted by Crippen LogP contribution is -2.42. The molecule has 1 aromatic heterocycles. The second-order valence-corrected chi connectivity index (χ2v) is 11.1. The number of hydrogen-bond donors (Lipinski definition) is 0. The number of piperidine rings is 1. The summed E-state index contributed by atoms with van der Waals surface area (Å²) in [7, 11) is -3.81. The highest BCUT2D eigenvalue weighted by atomic mass is 32.2. The topological polar surface area (TPSA) is 68.6 Å². The van der Waals surface area contributed by atoms with Gasteiger partial charge in [0, 0.05) is 36.2 Å². The summed E-state index contributed by atoms with van der Waals surface area (Å²) in [4.78, 5) is 14.1. The summed E-state index contributed by atoms with van der Waals surface area (Å²) in [6, 6.07) is 12.1. The van der Waals surface area contributed by atoms with Crippen LogP contribution in [0, 0.1) is 5.82 Å². The van der Waals surface area contributed by atoms with Gasteiger partial charge in [0.15, 0.2) is 0 Å². The Balaban J connectivity index is 1.53. The molecule has 1 aliphatic rings. The monoisotopic (exact) mass is 458 g/mol. The zero-order chi connectivity index (χ0) is 23.1. The fourth-order valence-electron chi connectivity index (χ4n) is 4.05. The van der Waals surface area contributed by atoms with Gasteiger partial charge in [-0.1, -0.05) is 6.07 Å². The fourth-order valence-corrected chi connectivity index (χ4v) is 5.38. The molecule has 1 amide bonds. The van der Waals surface area contributed by atoms with Crippen molar-refractivity contribution in [3.8, 4) is 0 Å². The maximum atomic E-state index is 13.5. The molecule has 0 saturated carbocycles. The normalized spacial score (nSPS) is 15.8. The molecule has 32 heavy (non-hydrogen) atoms. The van der Waals surface area contributed by atoms with E-state index in [1.807, 2.05) is 33.0 Å². The number of carbonyl (C=O) groups excluding carboxylic acids is 1. The molecule has 0 aliphatic carbocycles. The maximum Gasteiger partial charge on any atom is 0.410 e. The molecule has 1 aliphatic heterocycles. The Bertz CT molecular complexity index is 1250. The molecular formula is C24H27FN2O4S. The third-order valence-electron chi connectivity index (χ3n) is 5.62. The Morgan fingerprint density at radius 1 is 1.03 bits per heavy atom. The minimum atomic E-state index is -3.81. The number of halogens is 1. The van der Waals surface area contributed by atoms with Crippen LogP contribution in [0.15, 0.2) is 64.5 Å². The first-order valence-electron chi connectivity index (χ1n) is 10.6.